The third-order valence-corrected chi connectivity index (χ3v) is 4.93. The molecule has 0 unspecified atom stereocenters. The standard InChI is InChI=1S/C15H28N2O2/c1(9-19-14-2-6-16-7-3-14)8-17-12-15(13-17)4-10-18-11-5-15/h14,16H,1-13H2. The largest absolute Gasteiger partial charge is 0.381 e. The van der Waals surface area contributed by atoms with Gasteiger partial charge in [-0.15, -0.1) is 0 Å². The normalized spacial score (nSPS) is 28.4. The van der Waals surface area contributed by atoms with E-state index in [1.807, 2.05) is 0 Å². The molecule has 3 fully saturated rings. The Kier molecular flexibility index (Phi) is 4.74. The van der Waals surface area contributed by atoms with Crippen molar-refractivity contribution >= 4 is 0 Å². The predicted octanol–water partition coefficient (Wildman–Crippen LogP) is 1.26. The van der Waals surface area contributed by atoms with Crippen LogP contribution in [0.2, 0.25) is 0 Å². The summed E-state index contributed by atoms with van der Waals surface area (Å²) >= 11 is 0. The lowest BCUT2D eigenvalue weighted by Crippen LogP contribution is -2.58. The zero-order valence-electron chi connectivity index (χ0n) is 12.0. The molecule has 0 atom stereocenters. The number of nitrogens with zero attached hydrogens (tertiary/aromatic N) is 1. The van der Waals surface area contributed by atoms with Gasteiger partial charge in [-0.05, 0) is 45.2 Å². The SMILES string of the molecule is C(COC1CCNCC1)CN1CC2(CCOCC2)C1. The first-order valence-corrected chi connectivity index (χ1v) is 7.99. The number of piperidine rings is 1. The van der Waals surface area contributed by atoms with Crippen molar-refractivity contribution in [2.45, 2.75) is 38.2 Å². The summed E-state index contributed by atoms with van der Waals surface area (Å²) in [5.41, 5.74) is 0.619. The van der Waals surface area contributed by atoms with Crippen LogP contribution in [0, 0.1) is 5.41 Å². The predicted molar refractivity (Wildman–Crippen MR) is 75.4 cm³/mol. The van der Waals surface area contributed by atoms with E-state index in [1.54, 1.807) is 0 Å². The minimum absolute atomic E-state index is 0.513. The Balaban J connectivity index is 1.24. The zero-order chi connectivity index (χ0) is 13.0. The molecule has 0 aromatic rings. The first kappa shape index (κ1) is 13.8. The summed E-state index contributed by atoms with van der Waals surface area (Å²) in [5, 5.41) is 3.38. The molecule has 0 bridgehead atoms. The second-order valence-electron chi connectivity index (χ2n) is 6.50. The van der Waals surface area contributed by atoms with Crippen molar-refractivity contribution in [3.8, 4) is 0 Å². The van der Waals surface area contributed by atoms with Gasteiger partial charge in [-0.1, -0.05) is 0 Å². The van der Waals surface area contributed by atoms with Crippen LogP contribution in [0.4, 0.5) is 0 Å². The van der Waals surface area contributed by atoms with Gasteiger partial charge >= 0.3 is 0 Å². The Hall–Kier alpha value is -0.160. The van der Waals surface area contributed by atoms with E-state index in [-0.39, 0.29) is 0 Å². The minimum atomic E-state index is 0.513. The Morgan fingerprint density at radius 3 is 2.63 bits per heavy atom. The van der Waals surface area contributed by atoms with Crippen LogP contribution in [0.1, 0.15) is 32.1 Å². The molecule has 0 aromatic heterocycles. The topological polar surface area (TPSA) is 33.7 Å². The Bertz CT molecular complexity index is 265. The first-order chi connectivity index (χ1) is 9.36. The minimum Gasteiger partial charge on any atom is -0.381 e. The molecular weight excluding hydrogens is 240 g/mol. The van der Waals surface area contributed by atoms with Crippen molar-refractivity contribution in [3.05, 3.63) is 0 Å². The average molecular weight is 268 g/mol. The second kappa shape index (κ2) is 6.53. The van der Waals surface area contributed by atoms with Gasteiger partial charge in [-0.3, -0.25) is 0 Å². The van der Waals surface area contributed by atoms with Crippen LogP contribution >= 0.6 is 0 Å². The lowest BCUT2D eigenvalue weighted by molar-refractivity contribution is -0.0833. The fourth-order valence-corrected chi connectivity index (χ4v) is 3.68. The third-order valence-electron chi connectivity index (χ3n) is 4.93. The Morgan fingerprint density at radius 2 is 1.89 bits per heavy atom. The lowest BCUT2D eigenvalue weighted by atomic mass is 9.73. The molecule has 0 aromatic carbocycles. The molecule has 1 spiro atoms. The maximum atomic E-state index is 5.95. The van der Waals surface area contributed by atoms with E-state index in [1.165, 1.54) is 51.7 Å². The van der Waals surface area contributed by atoms with E-state index in [0.717, 1.165) is 32.9 Å². The quantitative estimate of drug-likeness (QED) is 0.761. The number of likely N-dealkylation sites (tertiary alicyclic amines) is 1. The maximum Gasteiger partial charge on any atom is 0.0599 e. The van der Waals surface area contributed by atoms with Crippen LogP contribution in [0.3, 0.4) is 0 Å². The molecule has 0 saturated carbocycles. The van der Waals surface area contributed by atoms with Gasteiger partial charge in [0.25, 0.3) is 0 Å². The van der Waals surface area contributed by atoms with Gasteiger partial charge in [-0.2, -0.15) is 0 Å². The van der Waals surface area contributed by atoms with E-state index in [9.17, 15) is 0 Å². The molecule has 19 heavy (non-hydrogen) atoms. The van der Waals surface area contributed by atoms with Crippen molar-refractivity contribution < 1.29 is 9.47 Å². The average Bonchev–Trinajstić information content (AvgIpc) is 2.44. The summed E-state index contributed by atoms with van der Waals surface area (Å²) in [6.07, 6.45) is 6.62. The van der Waals surface area contributed by atoms with Crippen molar-refractivity contribution in [1.29, 1.82) is 0 Å². The first-order valence-electron chi connectivity index (χ1n) is 7.99. The van der Waals surface area contributed by atoms with E-state index in [0.29, 0.717) is 11.5 Å². The van der Waals surface area contributed by atoms with Gasteiger partial charge in [0, 0.05) is 44.9 Å². The molecule has 110 valence electrons. The number of hydrogen-bond donors (Lipinski definition) is 1. The fraction of sp³-hybridized carbons (Fsp3) is 1.00. The number of nitrogens with one attached hydrogen (secondary N) is 1. The smallest absolute Gasteiger partial charge is 0.0599 e. The van der Waals surface area contributed by atoms with Crippen LogP contribution in [0.15, 0.2) is 0 Å². The molecule has 4 nitrogen and oxygen atoms in total. The highest BCUT2D eigenvalue weighted by molar-refractivity contribution is 4.95. The summed E-state index contributed by atoms with van der Waals surface area (Å²) in [7, 11) is 0. The molecule has 0 amide bonds. The molecule has 3 aliphatic rings. The second-order valence-corrected chi connectivity index (χ2v) is 6.50. The van der Waals surface area contributed by atoms with Crippen LogP contribution in [-0.2, 0) is 9.47 Å². The van der Waals surface area contributed by atoms with Crippen molar-refractivity contribution in [2.75, 3.05) is 52.5 Å². The van der Waals surface area contributed by atoms with E-state index < -0.39 is 0 Å². The molecule has 1 N–H and O–H groups in total. The molecule has 3 heterocycles. The van der Waals surface area contributed by atoms with Crippen LogP contribution in [0.25, 0.3) is 0 Å². The van der Waals surface area contributed by atoms with E-state index >= 15 is 0 Å². The summed E-state index contributed by atoms with van der Waals surface area (Å²) in [6, 6.07) is 0. The number of rotatable bonds is 5. The molecule has 3 saturated heterocycles. The van der Waals surface area contributed by atoms with E-state index in [4.69, 9.17) is 9.47 Å². The fourth-order valence-electron chi connectivity index (χ4n) is 3.68. The lowest BCUT2D eigenvalue weighted by Gasteiger charge is -2.52. The highest BCUT2D eigenvalue weighted by Gasteiger charge is 2.43. The number of hydrogen-bond acceptors (Lipinski definition) is 4. The summed E-state index contributed by atoms with van der Waals surface area (Å²) in [5.74, 6) is 0. The van der Waals surface area contributed by atoms with Gasteiger partial charge in [0.1, 0.15) is 0 Å². The molecule has 4 heteroatoms. The van der Waals surface area contributed by atoms with Crippen molar-refractivity contribution in [2.24, 2.45) is 5.41 Å². The highest BCUT2D eigenvalue weighted by atomic mass is 16.5. The van der Waals surface area contributed by atoms with Crippen molar-refractivity contribution in [1.82, 2.24) is 10.2 Å². The van der Waals surface area contributed by atoms with Crippen LogP contribution < -0.4 is 5.32 Å². The molecule has 0 radical (unpaired) electrons. The monoisotopic (exact) mass is 268 g/mol. The Labute approximate surface area is 116 Å². The molecule has 3 rings (SSSR count). The molecule has 3 aliphatic heterocycles. The van der Waals surface area contributed by atoms with Crippen LogP contribution in [0.5, 0.6) is 0 Å². The van der Waals surface area contributed by atoms with Gasteiger partial charge < -0.3 is 19.7 Å². The maximum absolute atomic E-state index is 5.95. The van der Waals surface area contributed by atoms with Crippen molar-refractivity contribution in [3.63, 3.8) is 0 Å². The van der Waals surface area contributed by atoms with Gasteiger partial charge in [-0.25, -0.2) is 0 Å². The van der Waals surface area contributed by atoms with Crippen LogP contribution in [-0.4, -0.2) is 63.5 Å². The van der Waals surface area contributed by atoms with Gasteiger partial charge in [0.05, 0.1) is 6.10 Å². The molecular formula is C15H28N2O2. The number of ether oxygens (including phenoxy) is 2. The van der Waals surface area contributed by atoms with E-state index in [2.05, 4.69) is 10.2 Å². The summed E-state index contributed by atoms with van der Waals surface area (Å²) in [4.78, 5) is 2.59. The summed E-state index contributed by atoms with van der Waals surface area (Å²) in [6.45, 7) is 8.96. The highest BCUT2D eigenvalue weighted by Crippen LogP contribution is 2.39. The van der Waals surface area contributed by atoms with Gasteiger partial charge in [0.2, 0.25) is 0 Å². The summed E-state index contributed by atoms with van der Waals surface area (Å²) < 4.78 is 11.4. The molecule has 0 aliphatic carbocycles. The van der Waals surface area contributed by atoms with Gasteiger partial charge in [0.15, 0.2) is 0 Å². The third kappa shape index (κ3) is 3.69. The Morgan fingerprint density at radius 1 is 1.16 bits per heavy atom. The zero-order valence-corrected chi connectivity index (χ0v) is 12.0.